The lowest BCUT2D eigenvalue weighted by atomic mass is 9.96. The van der Waals surface area contributed by atoms with Gasteiger partial charge in [-0.25, -0.2) is 8.78 Å². The Balaban J connectivity index is 0.00000181. The maximum Gasteiger partial charge on any atom is 0.123 e. The number of rotatable bonds is 6. The van der Waals surface area contributed by atoms with E-state index in [-0.39, 0.29) is 42.5 Å². The molecule has 0 amide bonds. The third-order valence-electron chi connectivity index (χ3n) is 5.75. The third-order valence-corrected chi connectivity index (χ3v) is 5.75. The van der Waals surface area contributed by atoms with Crippen molar-refractivity contribution in [3.63, 3.8) is 0 Å². The largest absolute Gasteiger partial charge is 0.369 e. The van der Waals surface area contributed by atoms with Gasteiger partial charge in [0.2, 0.25) is 0 Å². The maximum atomic E-state index is 13.5. The van der Waals surface area contributed by atoms with Gasteiger partial charge >= 0.3 is 0 Å². The van der Waals surface area contributed by atoms with Crippen LogP contribution in [0.1, 0.15) is 22.7 Å². The molecule has 1 aliphatic heterocycles. The van der Waals surface area contributed by atoms with E-state index in [1.807, 2.05) is 30.3 Å². The molecule has 0 saturated carbocycles. The van der Waals surface area contributed by atoms with Crippen molar-refractivity contribution < 1.29 is 8.78 Å². The number of allylic oxidation sites excluding steroid dienone is 1. The summed E-state index contributed by atoms with van der Waals surface area (Å²) in [6, 6.07) is 21.7. The summed E-state index contributed by atoms with van der Waals surface area (Å²) in [5.74, 6) is -0.500. The highest BCUT2D eigenvalue weighted by Crippen LogP contribution is 2.31. The average Bonchev–Trinajstić information content (AvgIpc) is 2.78. The maximum absolute atomic E-state index is 13.5. The molecular weight excluding hydrogens is 449 g/mol. The normalized spacial score (nSPS) is 13.9. The van der Waals surface area contributed by atoms with Crippen LogP contribution in [0.2, 0.25) is 0 Å². The van der Waals surface area contributed by atoms with Gasteiger partial charge in [-0.1, -0.05) is 48.5 Å². The summed E-state index contributed by atoms with van der Waals surface area (Å²) < 4.78 is 27.0. The van der Waals surface area contributed by atoms with E-state index < -0.39 is 0 Å². The van der Waals surface area contributed by atoms with Crippen LogP contribution in [-0.2, 0) is 6.42 Å². The van der Waals surface area contributed by atoms with Gasteiger partial charge in [0.15, 0.2) is 0 Å². The molecule has 3 aromatic rings. The Labute approximate surface area is 201 Å². The number of hydrogen-bond donors (Lipinski definition) is 0. The molecule has 1 heterocycles. The minimum absolute atomic E-state index is 0. The number of anilines is 1. The standard InChI is InChI=1S/C26H26F2N2.2ClH/c1-2-5-20-6-3-4-7-25(20)29-16-18-30(19-17-29)26(21-8-12-23(27)13-9-21)22-10-14-24(28)15-11-22;;/h2-4,6-15,26H,1,5,16-19H2;2*1H. The zero-order valence-electron chi connectivity index (χ0n) is 17.8. The highest BCUT2D eigenvalue weighted by Gasteiger charge is 2.27. The third kappa shape index (κ3) is 5.89. The molecule has 0 atom stereocenters. The molecule has 0 N–H and O–H groups in total. The lowest BCUT2D eigenvalue weighted by Gasteiger charge is -2.41. The van der Waals surface area contributed by atoms with Crippen molar-refractivity contribution in [3.8, 4) is 0 Å². The summed E-state index contributed by atoms with van der Waals surface area (Å²) in [7, 11) is 0. The fourth-order valence-electron chi connectivity index (χ4n) is 4.27. The molecule has 32 heavy (non-hydrogen) atoms. The van der Waals surface area contributed by atoms with Crippen LogP contribution in [0.5, 0.6) is 0 Å². The molecule has 170 valence electrons. The van der Waals surface area contributed by atoms with E-state index in [1.54, 1.807) is 0 Å². The summed E-state index contributed by atoms with van der Waals surface area (Å²) in [6.45, 7) is 7.39. The second kappa shape index (κ2) is 12.0. The molecule has 0 aliphatic carbocycles. The molecule has 3 aromatic carbocycles. The SMILES string of the molecule is C=CCc1ccccc1N1CCN(C(c2ccc(F)cc2)c2ccc(F)cc2)CC1.Cl.Cl. The van der Waals surface area contributed by atoms with Crippen molar-refractivity contribution >= 4 is 30.5 Å². The predicted octanol–water partition coefficient (Wildman–Crippen LogP) is 6.45. The van der Waals surface area contributed by atoms with Gasteiger partial charge in [-0.05, 0) is 53.4 Å². The van der Waals surface area contributed by atoms with E-state index in [2.05, 4.69) is 40.6 Å². The Kier molecular flexibility index (Phi) is 9.70. The topological polar surface area (TPSA) is 6.48 Å². The first-order chi connectivity index (χ1) is 14.7. The van der Waals surface area contributed by atoms with Crippen LogP contribution in [0.3, 0.4) is 0 Å². The molecule has 6 heteroatoms. The average molecular weight is 477 g/mol. The quantitative estimate of drug-likeness (QED) is 0.377. The number of hydrogen-bond acceptors (Lipinski definition) is 2. The zero-order valence-corrected chi connectivity index (χ0v) is 19.4. The van der Waals surface area contributed by atoms with Crippen LogP contribution in [0, 0.1) is 11.6 Å². The molecule has 0 unspecified atom stereocenters. The van der Waals surface area contributed by atoms with Crippen molar-refractivity contribution in [2.75, 3.05) is 31.1 Å². The van der Waals surface area contributed by atoms with Gasteiger partial charge in [0, 0.05) is 31.9 Å². The highest BCUT2D eigenvalue weighted by molar-refractivity contribution is 5.85. The van der Waals surface area contributed by atoms with Crippen LogP contribution >= 0.6 is 24.8 Å². The summed E-state index contributed by atoms with van der Waals surface area (Å²) in [4.78, 5) is 4.81. The van der Waals surface area contributed by atoms with E-state index >= 15 is 0 Å². The van der Waals surface area contributed by atoms with Crippen molar-refractivity contribution in [1.29, 1.82) is 0 Å². The van der Waals surface area contributed by atoms with Gasteiger partial charge in [-0.3, -0.25) is 4.90 Å². The Morgan fingerprint density at radius 2 is 1.25 bits per heavy atom. The van der Waals surface area contributed by atoms with Gasteiger partial charge in [0.25, 0.3) is 0 Å². The van der Waals surface area contributed by atoms with Crippen LogP contribution < -0.4 is 4.90 Å². The van der Waals surface area contributed by atoms with E-state index in [0.717, 1.165) is 43.7 Å². The van der Waals surface area contributed by atoms with E-state index in [1.165, 1.54) is 35.5 Å². The molecule has 0 radical (unpaired) electrons. The summed E-state index contributed by atoms with van der Waals surface area (Å²) in [5.41, 5.74) is 4.58. The lowest BCUT2D eigenvalue weighted by Crippen LogP contribution is -2.48. The molecule has 2 nitrogen and oxygen atoms in total. The first-order valence-electron chi connectivity index (χ1n) is 10.3. The summed E-state index contributed by atoms with van der Waals surface area (Å²) in [6.07, 6.45) is 2.79. The van der Waals surface area contributed by atoms with Gasteiger partial charge in [-0.15, -0.1) is 31.4 Å². The first-order valence-corrected chi connectivity index (χ1v) is 10.3. The molecule has 1 saturated heterocycles. The van der Waals surface area contributed by atoms with Crippen molar-refractivity contribution in [2.45, 2.75) is 12.5 Å². The smallest absolute Gasteiger partial charge is 0.123 e. The lowest BCUT2D eigenvalue weighted by molar-refractivity contribution is 0.212. The van der Waals surface area contributed by atoms with Gasteiger partial charge in [0.1, 0.15) is 11.6 Å². The fourth-order valence-corrected chi connectivity index (χ4v) is 4.27. The molecule has 1 fully saturated rings. The van der Waals surface area contributed by atoms with Crippen LogP contribution in [-0.4, -0.2) is 31.1 Å². The number of nitrogens with zero attached hydrogens (tertiary/aromatic N) is 2. The molecule has 4 rings (SSSR count). The molecule has 0 bridgehead atoms. The summed E-state index contributed by atoms with van der Waals surface area (Å²) in [5, 5.41) is 0. The molecule has 0 spiro atoms. The molecular formula is C26H28Cl2F2N2. The first kappa shape index (κ1) is 25.9. The zero-order chi connectivity index (χ0) is 20.9. The fraction of sp³-hybridized carbons (Fsp3) is 0.231. The number of halogens is 4. The van der Waals surface area contributed by atoms with E-state index in [4.69, 9.17) is 0 Å². The van der Waals surface area contributed by atoms with Gasteiger partial charge in [0.05, 0.1) is 6.04 Å². The Morgan fingerprint density at radius 1 is 0.750 bits per heavy atom. The minimum atomic E-state index is -0.250. The molecule has 1 aliphatic rings. The minimum Gasteiger partial charge on any atom is -0.369 e. The van der Waals surface area contributed by atoms with Crippen LogP contribution in [0.25, 0.3) is 0 Å². The number of piperazine rings is 1. The number of benzene rings is 3. The van der Waals surface area contributed by atoms with Crippen LogP contribution in [0.15, 0.2) is 85.5 Å². The highest BCUT2D eigenvalue weighted by atomic mass is 35.5. The number of para-hydroxylation sites is 1. The van der Waals surface area contributed by atoms with E-state index in [0.29, 0.717) is 0 Å². The Hall–Kier alpha value is -2.40. The molecule has 0 aromatic heterocycles. The van der Waals surface area contributed by atoms with Gasteiger partial charge < -0.3 is 4.90 Å². The summed E-state index contributed by atoms with van der Waals surface area (Å²) >= 11 is 0. The monoisotopic (exact) mass is 476 g/mol. The van der Waals surface area contributed by atoms with Crippen molar-refractivity contribution in [2.24, 2.45) is 0 Å². The Bertz CT molecular complexity index is 940. The Morgan fingerprint density at radius 3 is 1.75 bits per heavy atom. The van der Waals surface area contributed by atoms with Gasteiger partial charge in [-0.2, -0.15) is 0 Å². The van der Waals surface area contributed by atoms with E-state index in [9.17, 15) is 8.78 Å². The second-order valence-corrected chi connectivity index (χ2v) is 7.65. The van der Waals surface area contributed by atoms with Crippen molar-refractivity contribution in [1.82, 2.24) is 4.90 Å². The second-order valence-electron chi connectivity index (χ2n) is 7.65. The van der Waals surface area contributed by atoms with Crippen LogP contribution in [0.4, 0.5) is 14.5 Å². The predicted molar refractivity (Wildman–Crippen MR) is 133 cm³/mol. The van der Waals surface area contributed by atoms with Crippen molar-refractivity contribution in [3.05, 3.63) is 114 Å².